The number of carbonyl (C=O) groups is 1. The van der Waals surface area contributed by atoms with Crippen LogP contribution in [0, 0.1) is 0 Å². The van der Waals surface area contributed by atoms with Crippen molar-refractivity contribution in [2.24, 2.45) is 0 Å². The van der Waals surface area contributed by atoms with Crippen LogP contribution in [0.3, 0.4) is 0 Å². The molecule has 1 amide bonds. The van der Waals surface area contributed by atoms with Crippen molar-refractivity contribution in [2.45, 2.75) is 13.3 Å². The lowest BCUT2D eigenvalue weighted by Crippen LogP contribution is -2.25. The van der Waals surface area contributed by atoms with Crippen LogP contribution in [0.25, 0.3) is 0 Å². The van der Waals surface area contributed by atoms with E-state index in [0.29, 0.717) is 22.8 Å². The monoisotopic (exact) mass is 306 g/mol. The van der Waals surface area contributed by atoms with Crippen molar-refractivity contribution in [3.05, 3.63) is 27.7 Å². The second-order valence-corrected chi connectivity index (χ2v) is 5.85. The third-order valence-corrected chi connectivity index (χ3v) is 4.04. The smallest absolute Gasteiger partial charge is 0.252 e. The SMILES string of the molecule is CCSCCCNC(=O)c1cc(N)cc(Cl)c1Cl. The average molecular weight is 307 g/mol. The minimum absolute atomic E-state index is 0.240. The molecule has 0 bridgehead atoms. The first-order valence-corrected chi connectivity index (χ1v) is 7.57. The summed E-state index contributed by atoms with van der Waals surface area (Å²) in [6.45, 7) is 2.73. The number of amides is 1. The van der Waals surface area contributed by atoms with Crippen molar-refractivity contribution in [1.82, 2.24) is 5.32 Å². The van der Waals surface area contributed by atoms with E-state index in [-0.39, 0.29) is 10.9 Å². The number of nitrogens with two attached hydrogens (primary N) is 1. The lowest BCUT2D eigenvalue weighted by atomic mass is 10.2. The molecule has 1 rings (SSSR count). The normalized spacial score (nSPS) is 10.4. The van der Waals surface area contributed by atoms with E-state index in [4.69, 9.17) is 28.9 Å². The van der Waals surface area contributed by atoms with E-state index >= 15 is 0 Å². The Kier molecular flexibility index (Phi) is 6.68. The number of nitrogens with one attached hydrogen (secondary N) is 1. The second-order valence-electron chi connectivity index (χ2n) is 3.67. The van der Waals surface area contributed by atoms with Crippen LogP contribution in [0.4, 0.5) is 5.69 Å². The summed E-state index contributed by atoms with van der Waals surface area (Å²) >= 11 is 13.7. The Bertz CT molecular complexity index is 427. The molecule has 0 aliphatic heterocycles. The van der Waals surface area contributed by atoms with Gasteiger partial charge in [0.25, 0.3) is 5.91 Å². The number of carbonyl (C=O) groups excluding carboxylic acids is 1. The Balaban J connectivity index is 2.56. The highest BCUT2D eigenvalue weighted by Gasteiger charge is 2.13. The van der Waals surface area contributed by atoms with Crippen molar-refractivity contribution in [1.29, 1.82) is 0 Å². The van der Waals surface area contributed by atoms with E-state index in [9.17, 15) is 4.79 Å². The van der Waals surface area contributed by atoms with Crippen molar-refractivity contribution in [3.8, 4) is 0 Å². The van der Waals surface area contributed by atoms with E-state index in [1.165, 1.54) is 12.1 Å². The molecule has 18 heavy (non-hydrogen) atoms. The highest BCUT2D eigenvalue weighted by molar-refractivity contribution is 7.99. The number of benzene rings is 1. The molecule has 0 fully saturated rings. The molecule has 1 aromatic rings. The van der Waals surface area contributed by atoms with E-state index in [2.05, 4.69) is 12.2 Å². The van der Waals surface area contributed by atoms with Crippen LogP contribution in [-0.4, -0.2) is 24.0 Å². The highest BCUT2D eigenvalue weighted by Crippen LogP contribution is 2.28. The van der Waals surface area contributed by atoms with Gasteiger partial charge in [-0.05, 0) is 30.1 Å². The molecule has 100 valence electrons. The van der Waals surface area contributed by atoms with Gasteiger partial charge >= 0.3 is 0 Å². The van der Waals surface area contributed by atoms with Gasteiger partial charge in [0.1, 0.15) is 0 Å². The summed E-state index contributed by atoms with van der Waals surface area (Å²) < 4.78 is 0. The molecule has 0 aliphatic rings. The molecule has 0 radical (unpaired) electrons. The van der Waals surface area contributed by atoms with Gasteiger partial charge < -0.3 is 11.1 Å². The third kappa shape index (κ3) is 4.59. The van der Waals surface area contributed by atoms with Crippen LogP contribution in [0.15, 0.2) is 12.1 Å². The van der Waals surface area contributed by atoms with Gasteiger partial charge in [-0.1, -0.05) is 30.1 Å². The third-order valence-electron chi connectivity index (χ3n) is 2.25. The Morgan fingerprint density at radius 1 is 1.44 bits per heavy atom. The van der Waals surface area contributed by atoms with Gasteiger partial charge in [0.2, 0.25) is 0 Å². The predicted molar refractivity (Wildman–Crippen MR) is 80.8 cm³/mol. The van der Waals surface area contributed by atoms with Gasteiger partial charge in [-0.15, -0.1) is 0 Å². The van der Waals surface area contributed by atoms with Crippen molar-refractivity contribution in [3.63, 3.8) is 0 Å². The van der Waals surface area contributed by atoms with E-state index in [0.717, 1.165) is 17.9 Å². The fourth-order valence-electron chi connectivity index (χ4n) is 1.39. The largest absolute Gasteiger partial charge is 0.399 e. The summed E-state index contributed by atoms with van der Waals surface area (Å²) in [6, 6.07) is 3.06. The number of halogens is 2. The Hall–Kier alpha value is -0.580. The fourth-order valence-corrected chi connectivity index (χ4v) is 2.45. The van der Waals surface area contributed by atoms with Crippen LogP contribution in [0.1, 0.15) is 23.7 Å². The molecular formula is C12H16Cl2N2OS. The zero-order valence-corrected chi connectivity index (χ0v) is 12.5. The van der Waals surface area contributed by atoms with Gasteiger partial charge in [-0.3, -0.25) is 4.79 Å². The molecule has 1 aromatic carbocycles. The number of hydrogen-bond acceptors (Lipinski definition) is 3. The minimum atomic E-state index is -0.240. The molecule has 0 aromatic heterocycles. The standard InChI is InChI=1S/C12H16Cl2N2OS/c1-2-18-5-3-4-16-12(17)9-6-8(15)7-10(13)11(9)14/h6-7H,2-5,15H2,1H3,(H,16,17). The molecule has 0 heterocycles. The number of anilines is 1. The molecular weight excluding hydrogens is 291 g/mol. The lowest BCUT2D eigenvalue weighted by Gasteiger charge is -2.08. The van der Waals surface area contributed by atoms with Crippen molar-refractivity contribution < 1.29 is 4.79 Å². The summed E-state index contributed by atoms with van der Waals surface area (Å²) in [5, 5.41) is 3.34. The van der Waals surface area contributed by atoms with Crippen molar-refractivity contribution in [2.75, 3.05) is 23.8 Å². The maximum Gasteiger partial charge on any atom is 0.252 e. The van der Waals surface area contributed by atoms with E-state index < -0.39 is 0 Å². The molecule has 0 atom stereocenters. The zero-order chi connectivity index (χ0) is 13.5. The predicted octanol–water partition coefficient (Wildman–Crippen LogP) is 3.45. The van der Waals surface area contributed by atoms with Gasteiger partial charge in [-0.25, -0.2) is 0 Å². The molecule has 0 unspecified atom stereocenters. The van der Waals surface area contributed by atoms with E-state index in [1.54, 1.807) is 0 Å². The van der Waals surface area contributed by atoms with Gasteiger partial charge in [0.15, 0.2) is 0 Å². The van der Waals surface area contributed by atoms with Gasteiger partial charge in [0, 0.05) is 12.2 Å². The lowest BCUT2D eigenvalue weighted by molar-refractivity contribution is 0.0954. The number of rotatable bonds is 6. The van der Waals surface area contributed by atoms with E-state index in [1.807, 2.05) is 11.8 Å². The summed E-state index contributed by atoms with van der Waals surface area (Å²) in [5.74, 6) is 1.88. The van der Waals surface area contributed by atoms with Crippen LogP contribution in [0.5, 0.6) is 0 Å². The van der Waals surface area contributed by atoms with Crippen LogP contribution in [0.2, 0.25) is 10.0 Å². The highest BCUT2D eigenvalue weighted by atomic mass is 35.5. The summed E-state index contributed by atoms with van der Waals surface area (Å²) in [4.78, 5) is 11.9. The molecule has 6 heteroatoms. The first-order valence-electron chi connectivity index (χ1n) is 5.66. The quantitative estimate of drug-likeness (QED) is 0.625. The first-order chi connectivity index (χ1) is 8.56. The maximum absolute atomic E-state index is 11.9. The van der Waals surface area contributed by atoms with Crippen LogP contribution < -0.4 is 11.1 Å². The number of hydrogen-bond donors (Lipinski definition) is 2. The zero-order valence-electron chi connectivity index (χ0n) is 10.1. The Morgan fingerprint density at radius 3 is 2.83 bits per heavy atom. The summed E-state index contributed by atoms with van der Waals surface area (Å²) in [5.41, 5.74) is 6.38. The summed E-state index contributed by atoms with van der Waals surface area (Å²) in [6.07, 6.45) is 0.928. The minimum Gasteiger partial charge on any atom is -0.399 e. The number of nitrogen functional groups attached to an aromatic ring is 1. The average Bonchev–Trinajstić information content (AvgIpc) is 2.33. The summed E-state index contributed by atoms with van der Waals surface area (Å²) in [7, 11) is 0. The van der Waals surface area contributed by atoms with Crippen LogP contribution in [-0.2, 0) is 0 Å². The number of thioether (sulfide) groups is 1. The Morgan fingerprint density at radius 2 is 2.17 bits per heavy atom. The Labute approximate surface area is 121 Å². The second kappa shape index (κ2) is 7.77. The molecule has 0 aliphatic carbocycles. The molecule has 3 N–H and O–H groups in total. The molecule has 3 nitrogen and oxygen atoms in total. The topological polar surface area (TPSA) is 55.1 Å². The molecule has 0 spiro atoms. The molecule has 0 saturated carbocycles. The fraction of sp³-hybridized carbons (Fsp3) is 0.417. The van der Waals surface area contributed by atoms with Crippen molar-refractivity contribution >= 4 is 46.6 Å². The first kappa shape index (κ1) is 15.5. The van der Waals surface area contributed by atoms with Crippen LogP contribution >= 0.6 is 35.0 Å². The molecule has 0 saturated heterocycles. The van der Waals surface area contributed by atoms with Gasteiger partial charge in [-0.2, -0.15) is 11.8 Å². The van der Waals surface area contributed by atoms with Gasteiger partial charge in [0.05, 0.1) is 15.6 Å². The maximum atomic E-state index is 11.9.